The van der Waals surface area contributed by atoms with Gasteiger partial charge in [-0.2, -0.15) is 11.8 Å². The first kappa shape index (κ1) is 34.4. The summed E-state index contributed by atoms with van der Waals surface area (Å²) in [7, 11) is 0. The second kappa shape index (κ2) is 14.0. The molecule has 1 nitrogen and oxygen atoms in total. The highest BCUT2D eigenvalue weighted by molar-refractivity contribution is 8.00. The molecular weight excluding hydrogens is 647 g/mol. The predicted octanol–water partition coefficient (Wildman–Crippen LogP) is 13.2. The molecule has 0 N–H and O–H groups in total. The lowest BCUT2D eigenvalue weighted by atomic mass is 9.47. The van der Waals surface area contributed by atoms with E-state index in [4.69, 9.17) is 0 Å². The Morgan fingerprint density at radius 3 is 1.21 bits per heavy atom. The first-order chi connectivity index (χ1) is 25.8. The maximum absolute atomic E-state index is 3.47. The van der Waals surface area contributed by atoms with E-state index < -0.39 is 0 Å². The van der Waals surface area contributed by atoms with Crippen LogP contribution in [0.15, 0.2) is 0 Å². The van der Waals surface area contributed by atoms with Gasteiger partial charge in [0.05, 0.1) is 0 Å². The van der Waals surface area contributed by atoms with Crippen LogP contribution in [0.25, 0.3) is 0 Å². The van der Waals surface area contributed by atoms with Gasteiger partial charge < -0.3 is 0 Å². The van der Waals surface area contributed by atoms with Crippen LogP contribution in [0.3, 0.4) is 0 Å². The van der Waals surface area contributed by atoms with Gasteiger partial charge in [0, 0.05) is 28.6 Å². The van der Waals surface area contributed by atoms with Crippen molar-refractivity contribution in [3.05, 3.63) is 0 Å². The van der Waals surface area contributed by atoms with Crippen molar-refractivity contribution < 1.29 is 0 Å². The summed E-state index contributed by atoms with van der Waals surface area (Å²) in [5.74, 6) is 18.2. The largest absolute Gasteiger partial charge is 0.292 e. The van der Waals surface area contributed by atoms with Crippen LogP contribution < -0.4 is 0 Å². The Bertz CT molecular complexity index is 1190. The standard InChI is InChI=1S/C50H79NS/c1-3-14-31(15-4-1)44-47-34-21-11-18-30-19-12-22-35(43(30)34)48(47)45(32-16-5-2-6-17-32)50-37-28-29-38(33-20-13-23-36(46(33)37)49(44)50)51-39-24-7-9-26-41(39)52-42-27-10-8-25-40(42)51/h30-50H,1-29H2. The van der Waals surface area contributed by atoms with Crippen molar-refractivity contribution in [2.45, 2.75) is 215 Å². The van der Waals surface area contributed by atoms with Crippen molar-refractivity contribution in [1.82, 2.24) is 4.90 Å². The van der Waals surface area contributed by atoms with E-state index in [1.165, 1.54) is 31.6 Å². The lowest BCUT2D eigenvalue weighted by Gasteiger charge is -2.60. The Kier molecular flexibility index (Phi) is 9.25. The third-order valence-corrected chi connectivity index (χ3v) is 23.3. The summed E-state index contributed by atoms with van der Waals surface area (Å²) in [4.78, 5) is 3.47. The highest BCUT2D eigenvalue weighted by Gasteiger charge is 2.71. The molecule has 19 atom stereocenters. The quantitative estimate of drug-likeness (QED) is 0.285. The normalized spacial score (nSPS) is 56.4. The van der Waals surface area contributed by atoms with Gasteiger partial charge >= 0.3 is 0 Å². The summed E-state index contributed by atoms with van der Waals surface area (Å²) >= 11 is 2.54. The van der Waals surface area contributed by atoms with Crippen LogP contribution in [0.2, 0.25) is 0 Å². The number of fused-ring (bicyclic) bond motifs is 8. The van der Waals surface area contributed by atoms with E-state index in [0.29, 0.717) is 0 Å². The van der Waals surface area contributed by atoms with Gasteiger partial charge in [-0.1, -0.05) is 122 Å². The summed E-state index contributed by atoms with van der Waals surface area (Å²) in [6.45, 7) is 0. The molecular formula is C50H79NS. The monoisotopic (exact) mass is 726 g/mol. The third kappa shape index (κ3) is 5.20. The Labute approximate surface area is 324 Å². The van der Waals surface area contributed by atoms with Crippen LogP contribution >= 0.6 is 11.8 Å². The van der Waals surface area contributed by atoms with E-state index >= 15 is 0 Å². The Hall–Kier alpha value is 0.310. The van der Waals surface area contributed by atoms with E-state index in [-0.39, 0.29) is 0 Å². The lowest BCUT2D eigenvalue weighted by molar-refractivity contribution is -0.102. The van der Waals surface area contributed by atoms with Crippen molar-refractivity contribution in [1.29, 1.82) is 0 Å². The molecule has 1 saturated heterocycles. The fourth-order valence-electron chi connectivity index (χ4n) is 20.7. The van der Waals surface area contributed by atoms with Gasteiger partial charge in [-0.15, -0.1) is 0 Å². The van der Waals surface area contributed by atoms with E-state index in [0.717, 1.165) is 117 Å². The smallest absolute Gasteiger partial charge is 0.0221 e. The van der Waals surface area contributed by atoms with E-state index in [1.807, 2.05) is 0 Å². The molecule has 0 aromatic rings. The first-order valence-electron chi connectivity index (χ1n) is 25.3. The van der Waals surface area contributed by atoms with Crippen LogP contribution in [0.1, 0.15) is 186 Å². The van der Waals surface area contributed by atoms with Crippen LogP contribution in [-0.2, 0) is 0 Å². The molecule has 1 heterocycles. The first-order valence-corrected chi connectivity index (χ1v) is 26.2. The molecule has 12 rings (SSSR count). The molecule has 19 unspecified atom stereocenters. The van der Waals surface area contributed by atoms with Crippen molar-refractivity contribution in [3.63, 3.8) is 0 Å². The fraction of sp³-hybridized carbons (Fsp3) is 1.00. The maximum atomic E-state index is 3.47. The number of hydrogen-bond donors (Lipinski definition) is 0. The minimum atomic E-state index is 0.940. The molecule has 0 amide bonds. The van der Waals surface area contributed by atoms with Gasteiger partial charge in [-0.3, -0.25) is 4.90 Å². The fourth-order valence-corrected chi connectivity index (χ4v) is 22.7. The molecule has 1 aliphatic heterocycles. The van der Waals surface area contributed by atoms with Gasteiger partial charge in [0.1, 0.15) is 0 Å². The van der Waals surface area contributed by atoms with Crippen LogP contribution in [0, 0.1) is 94.7 Å². The minimum Gasteiger partial charge on any atom is -0.292 e. The zero-order valence-corrected chi connectivity index (χ0v) is 34.3. The molecule has 12 aliphatic rings. The second-order valence-electron chi connectivity index (χ2n) is 22.8. The average Bonchev–Trinajstić information content (AvgIpc) is 3.72. The number of nitrogens with zero attached hydrogens (tertiary/aromatic N) is 1. The maximum Gasteiger partial charge on any atom is 0.0221 e. The highest BCUT2D eigenvalue weighted by Crippen LogP contribution is 2.76. The second-order valence-corrected chi connectivity index (χ2v) is 24.3. The SMILES string of the molecule is C1CCC(C2C3C4CCCC5CCCC(C54)C3C(C3CCCCC3)C3C4CCC(N5C6CCCCC6SC6CCCCC65)C5CCCC(C45)C23)CC1. The molecule has 11 saturated carbocycles. The topological polar surface area (TPSA) is 3.24 Å². The summed E-state index contributed by atoms with van der Waals surface area (Å²) in [6.07, 6.45) is 46.3. The molecule has 0 radical (unpaired) electrons. The minimum absolute atomic E-state index is 0.940. The van der Waals surface area contributed by atoms with Gasteiger partial charge in [0.25, 0.3) is 0 Å². The number of hydrogen-bond acceptors (Lipinski definition) is 2. The van der Waals surface area contributed by atoms with Crippen molar-refractivity contribution in [2.24, 2.45) is 94.7 Å². The third-order valence-electron chi connectivity index (χ3n) is 21.5. The molecule has 11 aliphatic carbocycles. The average molecular weight is 726 g/mol. The van der Waals surface area contributed by atoms with Crippen LogP contribution in [0.4, 0.5) is 0 Å². The van der Waals surface area contributed by atoms with E-state index in [2.05, 4.69) is 16.7 Å². The summed E-state index contributed by atoms with van der Waals surface area (Å²) in [5.41, 5.74) is 0. The van der Waals surface area contributed by atoms with Crippen LogP contribution in [-0.4, -0.2) is 33.5 Å². The lowest BCUT2D eigenvalue weighted by Crippen LogP contribution is -2.65. The number of rotatable bonds is 3. The molecule has 0 bridgehead atoms. The van der Waals surface area contributed by atoms with Gasteiger partial charge in [0.15, 0.2) is 0 Å². The summed E-state index contributed by atoms with van der Waals surface area (Å²) < 4.78 is 0. The van der Waals surface area contributed by atoms with Gasteiger partial charge in [-0.05, 0) is 159 Å². The zero-order chi connectivity index (χ0) is 33.9. The van der Waals surface area contributed by atoms with E-state index in [1.54, 1.807) is 161 Å². The van der Waals surface area contributed by atoms with E-state index in [9.17, 15) is 0 Å². The predicted molar refractivity (Wildman–Crippen MR) is 218 cm³/mol. The summed E-state index contributed by atoms with van der Waals surface area (Å²) in [5, 5.41) is 1.95. The molecule has 2 heteroatoms. The molecule has 0 aromatic carbocycles. The zero-order valence-electron chi connectivity index (χ0n) is 33.5. The molecule has 52 heavy (non-hydrogen) atoms. The molecule has 290 valence electrons. The summed E-state index contributed by atoms with van der Waals surface area (Å²) in [6, 6.07) is 2.84. The molecule has 12 fully saturated rings. The van der Waals surface area contributed by atoms with Crippen molar-refractivity contribution >= 4 is 11.8 Å². The highest BCUT2D eigenvalue weighted by atomic mass is 32.2. The van der Waals surface area contributed by atoms with Crippen molar-refractivity contribution in [3.8, 4) is 0 Å². The Balaban J connectivity index is 0.963. The molecule has 0 spiro atoms. The Morgan fingerprint density at radius 1 is 0.250 bits per heavy atom. The number of thioether (sulfide) groups is 1. The molecule has 0 aromatic heterocycles. The van der Waals surface area contributed by atoms with Gasteiger partial charge in [0.2, 0.25) is 0 Å². The Morgan fingerprint density at radius 2 is 0.654 bits per heavy atom. The van der Waals surface area contributed by atoms with Crippen LogP contribution in [0.5, 0.6) is 0 Å². The van der Waals surface area contributed by atoms with Gasteiger partial charge in [-0.25, -0.2) is 0 Å². The van der Waals surface area contributed by atoms with Crippen molar-refractivity contribution in [2.75, 3.05) is 0 Å².